The Hall–Kier alpha value is -1.76. The van der Waals surface area contributed by atoms with E-state index in [4.69, 9.17) is 33.7 Å². The van der Waals surface area contributed by atoms with Crippen molar-refractivity contribution < 1.29 is 14.3 Å². The fourth-order valence-electron chi connectivity index (χ4n) is 1.63. The van der Waals surface area contributed by atoms with Gasteiger partial charge in [0.2, 0.25) is 0 Å². The van der Waals surface area contributed by atoms with Crippen molar-refractivity contribution in [3.8, 4) is 5.75 Å². The van der Waals surface area contributed by atoms with Gasteiger partial charge in [0, 0.05) is 11.1 Å². The monoisotopic (exact) mass is 358 g/mol. The van der Waals surface area contributed by atoms with Gasteiger partial charge in [-0.2, -0.15) is 0 Å². The molecule has 1 aromatic carbocycles. The molecule has 2 amide bonds. The minimum absolute atomic E-state index is 0.256. The van der Waals surface area contributed by atoms with E-state index in [1.54, 1.807) is 30.5 Å². The van der Waals surface area contributed by atoms with Crippen LogP contribution in [0.5, 0.6) is 5.75 Å². The molecule has 22 heavy (non-hydrogen) atoms. The Morgan fingerprint density at radius 1 is 1.32 bits per heavy atom. The van der Waals surface area contributed by atoms with Gasteiger partial charge >= 0.3 is 0 Å². The molecule has 0 saturated carbocycles. The van der Waals surface area contributed by atoms with Crippen molar-refractivity contribution in [2.75, 3.05) is 5.32 Å². The number of hydrogen-bond donors (Lipinski definition) is 2. The number of primary amides is 1. The summed E-state index contributed by atoms with van der Waals surface area (Å²) in [6, 6.07) is 6.26. The van der Waals surface area contributed by atoms with Crippen LogP contribution in [0.15, 0.2) is 29.6 Å². The van der Waals surface area contributed by atoms with E-state index in [0.29, 0.717) is 20.8 Å². The molecule has 0 spiro atoms. The molecular formula is C14H12Cl2N2O3S. The number of carbonyl (C=O) groups is 2. The lowest BCUT2D eigenvalue weighted by atomic mass is 10.3. The second kappa shape index (κ2) is 7.00. The van der Waals surface area contributed by atoms with Gasteiger partial charge in [-0.15, -0.1) is 11.3 Å². The van der Waals surface area contributed by atoms with Crippen molar-refractivity contribution >= 4 is 51.4 Å². The second-order valence-corrected chi connectivity index (χ2v) is 6.11. The molecule has 1 atom stereocenters. The first-order valence-electron chi connectivity index (χ1n) is 6.18. The number of halogens is 2. The first-order valence-corrected chi connectivity index (χ1v) is 7.82. The van der Waals surface area contributed by atoms with E-state index in [1.807, 2.05) is 0 Å². The molecule has 0 unspecified atom stereocenters. The van der Waals surface area contributed by atoms with Crippen LogP contribution in [0, 0.1) is 0 Å². The van der Waals surface area contributed by atoms with Gasteiger partial charge in [0.05, 0.1) is 10.6 Å². The summed E-state index contributed by atoms with van der Waals surface area (Å²) >= 11 is 13.0. The van der Waals surface area contributed by atoms with E-state index in [0.717, 1.165) is 0 Å². The van der Waals surface area contributed by atoms with Crippen LogP contribution in [-0.4, -0.2) is 17.9 Å². The van der Waals surface area contributed by atoms with Gasteiger partial charge < -0.3 is 15.8 Å². The standard InChI is InChI=1S/C14H12Cl2N2O3S/c1-7(21-11-6-8(15)2-3-10(11)16)13(20)18-14-9(12(17)19)4-5-22-14/h2-7H,1H3,(H2,17,19)(H,18,20)/t7-/m1/s1. The van der Waals surface area contributed by atoms with E-state index in [9.17, 15) is 9.59 Å². The quantitative estimate of drug-likeness (QED) is 0.857. The molecule has 0 bridgehead atoms. The van der Waals surface area contributed by atoms with Crippen LogP contribution in [0.3, 0.4) is 0 Å². The highest BCUT2D eigenvalue weighted by atomic mass is 35.5. The maximum Gasteiger partial charge on any atom is 0.265 e. The Kier molecular flexibility index (Phi) is 5.28. The number of anilines is 1. The molecule has 2 aromatic rings. The first-order chi connectivity index (χ1) is 10.4. The molecule has 8 heteroatoms. The molecule has 1 heterocycles. The largest absolute Gasteiger partial charge is 0.479 e. The third-order valence-electron chi connectivity index (χ3n) is 2.73. The molecule has 0 saturated heterocycles. The molecule has 0 aliphatic heterocycles. The maximum absolute atomic E-state index is 12.1. The topological polar surface area (TPSA) is 81.4 Å². The summed E-state index contributed by atoms with van der Waals surface area (Å²) < 4.78 is 5.50. The van der Waals surface area contributed by atoms with Gasteiger partial charge in [0.15, 0.2) is 6.10 Å². The van der Waals surface area contributed by atoms with Crippen LogP contribution in [0.2, 0.25) is 10.0 Å². The fraction of sp³-hybridized carbons (Fsp3) is 0.143. The Bertz CT molecular complexity index is 718. The highest BCUT2D eigenvalue weighted by molar-refractivity contribution is 7.14. The number of nitrogens with one attached hydrogen (secondary N) is 1. The smallest absolute Gasteiger partial charge is 0.265 e. The Morgan fingerprint density at radius 2 is 2.05 bits per heavy atom. The minimum Gasteiger partial charge on any atom is -0.479 e. The number of ether oxygens (including phenoxy) is 1. The number of hydrogen-bond acceptors (Lipinski definition) is 4. The summed E-state index contributed by atoms with van der Waals surface area (Å²) in [6.45, 7) is 1.56. The lowest BCUT2D eigenvalue weighted by Gasteiger charge is -2.15. The highest BCUT2D eigenvalue weighted by Gasteiger charge is 2.19. The normalized spacial score (nSPS) is 11.8. The highest BCUT2D eigenvalue weighted by Crippen LogP contribution is 2.29. The van der Waals surface area contributed by atoms with E-state index < -0.39 is 17.9 Å². The van der Waals surface area contributed by atoms with Crippen LogP contribution < -0.4 is 15.8 Å². The van der Waals surface area contributed by atoms with E-state index >= 15 is 0 Å². The van der Waals surface area contributed by atoms with Crippen LogP contribution in [-0.2, 0) is 4.79 Å². The Labute approximate surface area is 141 Å². The summed E-state index contributed by atoms with van der Waals surface area (Å²) in [5.74, 6) is -0.734. The van der Waals surface area contributed by atoms with Crippen molar-refractivity contribution in [2.45, 2.75) is 13.0 Å². The van der Waals surface area contributed by atoms with E-state index in [2.05, 4.69) is 5.32 Å². The lowest BCUT2D eigenvalue weighted by molar-refractivity contribution is -0.122. The number of rotatable bonds is 5. The van der Waals surface area contributed by atoms with Crippen LogP contribution in [0.1, 0.15) is 17.3 Å². The summed E-state index contributed by atoms with van der Waals surface area (Å²) in [6.07, 6.45) is -0.834. The van der Waals surface area contributed by atoms with Crippen molar-refractivity contribution in [1.29, 1.82) is 0 Å². The maximum atomic E-state index is 12.1. The molecule has 0 fully saturated rings. The third kappa shape index (κ3) is 3.91. The zero-order valence-corrected chi connectivity index (χ0v) is 13.8. The molecule has 5 nitrogen and oxygen atoms in total. The second-order valence-electron chi connectivity index (χ2n) is 4.35. The van der Waals surface area contributed by atoms with Gasteiger partial charge in [-0.1, -0.05) is 23.2 Å². The van der Waals surface area contributed by atoms with Gasteiger partial charge in [0.25, 0.3) is 11.8 Å². The van der Waals surface area contributed by atoms with Crippen LogP contribution in [0.25, 0.3) is 0 Å². The molecule has 0 aliphatic rings. The molecule has 116 valence electrons. The zero-order valence-electron chi connectivity index (χ0n) is 11.4. The Balaban J connectivity index is 2.08. The Morgan fingerprint density at radius 3 is 2.73 bits per heavy atom. The van der Waals surface area contributed by atoms with Crippen molar-refractivity contribution in [3.63, 3.8) is 0 Å². The van der Waals surface area contributed by atoms with Crippen molar-refractivity contribution in [2.24, 2.45) is 5.73 Å². The summed E-state index contributed by atoms with van der Waals surface area (Å²) in [5.41, 5.74) is 5.48. The molecular weight excluding hydrogens is 347 g/mol. The molecule has 1 aromatic heterocycles. The molecule has 0 radical (unpaired) electrons. The van der Waals surface area contributed by atoms with Gasteiger partial charge in [-0.3, -0.25) is 9.59 Å². The molecule has 0 aliphatic carbocycles. The number of nitrogens with two attached hydrogens (primary N) is 1. The third-order valence-corrected chi connectivity index (χ3v) is 4.11. The minimum atomic E-state index is -0.834. The fourth-order valence-corrected chi connectivity index (χ4v) is 2.74. The van der Waals surface area contributed by atoms with Crippen LogP contribution >= 0.6 is 34.5 Å². The van der Waals surface area contributed by atoms with Gasteiger partial charge in [-0.05, 0) is 30.5 Å². The van der Waals surface area contributed by atoms with Crippen molar-refractivity contribution in [1.82, 2.24) is 0 Å². The van der Waals surface area contributed by atoms with Gasteiger partial charge in [0.1, 0.15) is 10.8 Å². The predicted molar refractivity (Wildman–Crippen MR) is 88.0 cm³/mol. The first kappa shape index (κ1) is 16.6. The van der Waals surface area contributed by atoms with Crippen molar-refractivity contribution in [3.05, 3.63) is 45.3 Å². The number of thiophene rings is 1. The van der Waals surface area contributed by atoms with Gasteiger partial charge in [-0.25, -0.2) is 0 Å². The summed E-state index contributed by atoms with van der Waals surface area (Å²) in [7, 11) is 0. The number of amides is 2. The molecule has 3 N–H and O–H groups in total. The van der Waals surface area contributed by atoms with E-state index in [-0.39, 0.29) is 5.56 Å². The zero-order chi connectivity index (χ0) is 16.3. The average molecular weight is 359 g/mol. The number of carbonyl (C=O) groups excluding carboxylic acids is 2. The predicted octanol–water partition coefficient (Wildman–Crippen LogP) is 3.56. The average Bonchev–Trinajstić information content (AvgIpc) is 2.91. The summed E-state index contributed by atoms with van der Waals surface area (Å²) in [4.78, 5) is 23.3. The SMILES string of the molecule is C[C@@H](Oc1cc(Cl)ccc1Cl)C(=O)Nc1sccc1C(N)=O. The summed E-state index contributed by atoms with van der Waals surface area (Å²) in [5, 5.41) is 5.44. The number of benzene rings is 1. The molecule has 2 rings (SSSR count). The van der Waals surface area contributed by atoms with Crippen LogP contribution in [0.4, 0.5) is 5.00 Å². The lowest BCUT2D eigenvalue weighted by Crippen LogP contribution is -2.30. The van der Waals surface area contributed by atoms with E-state index in [1.165, 1.54) is 17.4 Å².